The fourth-order valence-corrected chi connectivity index (χ4v) is 6.48. The summed E-state index contributed by atoms with van der Waals surface area (Å²) in [5, 5.41) is 0.993. The molecule has 234 valence electrons. The maximum absolute atomic E-state index is 5.30. The predicted octanol–water partition coefficient (Wildman–Crippen LogP) is 12.6. The fraction of sp³-hybridized carbons (Fsp3) is 0.381. The Balaban J connectivity index is 1.60. The van der Waals surface area contributed by atoms with Gasteiger partial charge in [0.05, 0.1) is 15.9 Å². The summed E-state index contributed by atoms with van der Waals surface area (Å²) in [4.78, 5) is 10.4. The molecule has 2 nitrogen and oxygen atoms in total. The van der Waals surface area contributed by atoms with Crippen LogP contribution in [-0.2, 0) is 21.7 Å². The zero-order chi connectivity index (χ0) is 32.9. The summed E-state index contributed by atoms with van der Waals surface area (Å²) >= 11 is 1.74. The van der Waals surface area contributed by atoms with Crippen molar-refractivity contribution in [1.29, 1.82) is 0 Å². The predicted molar refractivity (Wildman–Crippen MR) is 199 cm³/mol. The molecule has 0 amide bonds. The van der Waals surface area contributed by atoms with Gasteiger partial charge in [-0.3, -0.25) is 4.99 Å². The molecule has 0 aliphatic rings. The van der Waals surface area contributed by atoms with E-state index in [1.807, 2.05) is 6.21 Å². The number of hydrogen-bond donors (Lipinski definition) is 0. The molecule has 0 saturated carbocycles. The molecular weight excluding hydrogens is 565 g/mol. The van der Waals surface area contributed by atoms with E-state index in [9.17, 15) is 0 Å². The Morgan fingerprint density at radius 2 is 1.04 bits per heavy atom. The van der Waals surface area contributed by atoms with Gasteiger partial charge in [-0.25, -0.2) is 4.98 Å². The van der Waals surface area contributed by atoms with Crippen molar-refractivity contribution in [2.75, 3.05) is 0 Å². The van der Waals surface area contributed by atoms with Gasteiger partial charge in [-0.2, -0.15) is 0 Å². The molecule has 45 heavy (non-hydrogen) atoms. The first-order valence-electron chi connectivity index (χ1n) is 16.2. The van der Waals surface area contributed by atoms with Crippen molar-refractivity contribution in [3.63, 3.8) is 0 Å². The first kappa shape index (κ1) is 32.8. The number of rotatable bonds is 4. The molecule has 0 radical (unpaired) electrons. The van der Waals surface area contributed by atoms with E-state index in [-0.39, 0.29) is 21.7 Å². The highest BCUT2D eigenvalue weighted by atomic mass is 32.1. The summed E-state index contributed by atoms with van der Waals surface area (Å²) in [5.74, 6) is 0. The Bertz CT molecular complexity index is 1810. The quantitative estimate of drug-likeness (QED) is 0.185. The van der Waals surface area contributed by atoms with Crippen LogP contribution in [0.3, 0.4) is 0 Å². The first-order chi connectivity index (χ1) is 20.8. The average molecular weight is 615 g/mol. The van der Waals surface area contributed by atoms with Crippen molar-refractivity contribution in [2.45, 2.75) is 105 Å². The topological polar surface area (TPSA) is 25.2 Å². The number of fused-ring (bicyclic) bond motifs is 1. The molecular formula is C42H50N2S. The Labute approximate surface area is 275 Å². The van der Waals surface area contributed by atoms with E-state index in [1.165, 1.54) is 38.1 Å². The number of thiazole rings is 1. The van der Waals surface area contributed by atoms with Crippen LogP contribution in [0.25, 0.3) is 31.9 Å². The van der Waals surface area contributed by atoms with Crippen LogP contribution in [0.5, 0.6) is 0 Å². The lowest BCUT2D eigenvalue weighted by molar-refractivity contribution is 0.568. The van der Waals surface area contributed by atoms with Gasteiger partial charge in [0.15, 0.2) is 0 Å². The molecule has 0 saturated heterocycles. The molecule has 0 unspecified atom stereocenters. The molecule has 0 N–H and O–H groups in total. The van der Waals surface area contributed by atoms with Crippen LogP contribution in [0.4, 0.5) is 5.69 Å². The molecule has 0 aliphatic carbocycles. The molecule has 4 aromatic carbocycles. The smallest absolute Gasteiger partial charge is 0.126 e. The van der Waals surface area contributed by atoms with Gasteiger partial charge in [-0.05, 0) is 85.4 Å². The molecule has 5 aromatic rings. The lowest BCUT2D eigenvalue weighted by Crippen LogP contribution is -2.17. The minimum absolute atomic E-state index is 0.0497. The van der Waals surface area contributed by atoms with E-state index in [0.717, 1.165) is 27.3 Å². The molecule has 0 spiro atoms. The Hall–Kier alpha value is -3.56. The first-order valence-corrected chi connectivity index (χ1v) is 17.0. The van der Waals surface area contributed by atoms with Crippen LogP contribution in [0.2, 0.25) is 0 Å². The second-order valence-corrected chi connectivity index (χ2v) is 17.6. The number of nitrogens with zero attached hydrogens (tertiary/aromatic N) is 2. The minimum Gasteiger partial charge on any atom is -0.256 e. The van der Waals surface area contributed by atoms with E-state index in [4.69, 9.17) is 9.98 Å². The number of para-hydroxylation sites is 2. The Morgan fingerprint density at radius 1 is 0.556 bits per heavy atom. The van der Waals surface area contributed by atoms with E-state index in [2.05, 4.69) is 162 Å². The third kappa shape index (κ3) is 7.31. The molecule has 0 aliphatic heterocycles. The summed E-state index contributed by atoms with van der Waals surface area (Å²) in [7, 11) is 0. The third-order valence-corrected chi connectivity index (χ3v) is 9.62. The van der Waals surface area contributed by atoms with Crippen molar-refractivity contribution >= 4 is 33.5 Å². The highest BCUT2D eigenvalue weighted by Gasteiger charge is 2.23. The molecule has 5 rings (SSSR count). The summed E-state index contributed by atoms with van der Waals surface area (Å²) in [5.41, 5.74) is 12.1. The van der Waals surface area contributed by atoms with Crippen molar-refractivity contribution in [3.8, 4) is 21.7 Å². The normalized spacial score (nSPS) is 13.2. The summed E-state index contributed by atoms with van der Waals surface area (Å²) in [6, 6.07) is 29.0. The Morgan fingerprint density at radius 3 is 1.58 bits per heavy atom. The van der Waals surface area contributed by atoms with Crippen molar-refractivity contribution in [2.24, 2.45) is 4.99 Å². The summed E-state index contributed by atoms with van der Waals surface area (Å²) < 4.78 is 1.19. The molecule has 0 bridgehead atoms. The van der Waals surface area contributed by atoms with Gasteiger partial charge in [0.1, 0.15) is 5.01 Å². The average Bonchev–Trinajstić information content (AvgIpc) is 3.38. The SMILES string of the molecule is CC(C)(C)c1cc(C=Nc2ccccc2-c2nc3c(-c4cc(C(C)(C)C)cc(C(C)(C)C)c4)cccc3s2)cc(C(C)(C)C)c1. The van der Waals surface area contributed by atoms with E-state index in [1.54, 1.807) is 11.3 Å². The van der Waals surface area contributed by atoms with Crippen molar-refractivity contribution in [1.82, 2.24) is 4.98 Å². The summed E-state index contributed by atoms with van der Waals surface area (Å²) in [6.07, 6.45) is 2.02. The van der Waals surface area contributed by atoms with Crippen LogP contribution in [-0.4, -0.2) is 11.2 Å². The van der Waals surface area contributed by atoms with Crippen LogP contribution < -0.4 is 0 Å². The molecule has 1 aromatic heterocycles. The van der Waals surface area contributed by atoms with Gasteiger partial charge in [-0.15, -0.1) is 11.3 Å². The maximum Gasteiger partial charge on any atom is 0.126 e. The van der Waals surface area contributed by atoms with Gasteiger partial charge in [0.25, 0.3) is 0 Å². The van der Waals surface area contributed by atoms with Gasteiger partial charge >= 0.3 is 0 Å². The molecule has 1 heterocycles. The lowest BCUT2D eigenvalue weighted by atomic mass is 9.79. The van der Waals surface area contributed by atoms with Crippen LogP contribution in [0.1, 0.15) is 111 Å². The fourth-order valence-electron chi connectivity index (χ4n) is 5.45. The highest BCUT2D eigenvalue weighted by molar-refractivity contribution is 7.21. The largest absolute Gasteiger partial charge is 0.256 e. The Kier molecular flexibility index (Phi) is 8.51. The van der Waals surface area contributed by atoms with E-state index in [0.29, 0.717) is 0 Å². The standard InChI is InChI=1S/C42H50N2S/c1-39(2,3)29-20-27(21-30(24-29)40(4,5)6)26-43-35-18-14-13-16-34(35)38-44-37-33(17-15-19-36(37)45-38)28-22-31(41(7,8)9)25-32(23-28)42(10,11)12/h13-26H,1-12H3. The monoisotopic (exact) mass is 614 g/mol. The summed E-state index contributed by atoms with van der Waals surface area (Å²) in [6.45, 7) is 27.4. The van der Waals surface area contributed by atoms with E-state index >= 15 is 0 Å². The number of aliphatic imine (C=N–C) groups is 1. The van der Waals surface area contributed by atoms with Gasteiger partial charge in [0, 0.05) is 17.3 Å². The molecule has 0 fully saturated rings. The van der Waals surface area contributed by atoms with E-state index < -0.39 is 0 Å². The number of hydrogen-bond acceptors (Lipinski definition) is 3. The highest BCUT2D eigenvalue weighted by Crippen LogP contribution is 2.41. The van der Waals surface area contributed by atoms with Gasteiger partial charge < -0.3 is 0 Å². The second kappa shape index (κ2) is 11.7. The van der Waals surface area contributed by atoms with Crippen LogP contribution in [0, 0.1) is 0 Å². The van der Waals surface area contributed by atoms with Crippen LogP contribution in [0.15, 0.2) is 83.9 Å². The lowest BCUT2D eigenvalue weighted by Gasteiger charge is -2.26. The number of benzene rings is 4. The van der Waals surface area contributed by atoms with Crippen molar-refractivity contribution in [3.05, 3.63) is 107 Å². The third-order valence-electron chi connectivity index (χ3n) is 8.57. The second-order valence-electron chi connectivity index (χ2n) is 16.6. The zero-order valence-corrected chi connectivity index (χ0v) is 30.2. The van der Waals surface area contributed by atoms with Crippen LogP contribution >= 0.6 is 11.3 Å². The molecule has 0 atom stereocenters. The minimum atomic E-state index is 0.0497. The number of aromatic nitrogens is 1. The molecule has 3 heteroatoms. The maximum atomic E-state index is 5.30. The van der Waals surface area contributed by atoms with Gasteiger partial charge in [-0.1, -0.05) is 132 Å². The van der Waals surface area contributed by atoms with Crippen molar-refractivity contribution < 1.29 is 0 Å². The zero-order valence-electron chi connectivity index (χ0n) is 29.4. The van der Waals surface area contributed by atoms with Gasteiger partial charge in [0.2, 0.25) is 0 Å².